The molecule has 1 atom stereocenters. The lowest BCUT2D eigenvalue weighted by molar-refractivity contribution is -0.143. The Bertz CT molecular complexity index is 1470. The number of esters is 2. The van der Waals surface area contributed by atoms with Crippen LogP contribution < -0.4 is 23.7 Å². The van der Waals surface area contributed by atoms with E-state index in [9.17, 15) is 14.4 Å². The Morgan fingerprint density at radius 3 is 2.50 bits per heavy atom. The second kappa shape index (κ2) is 10.3. The molecule has 2 aliphatic rings. The summed E-state index contributed by atoms with van der Waals surface area (Å²) in [4.78, 5) is 37.3. The summed E-state index contributed by atoms with van der Waals surface area (Å²) in [5, 5.41) is 0. The summed E-state index contributed by atoms with van der Waals surface area (Å²) >= 11 is 0. The summed E-state index contributed by atoms with van der Waals surface area (Å²) in [6.45, 7) is -0.282. The standard InChI is InChI=1S/C29H24O9/c1-33-20-7-5-4-6-17(20)13-24-28(32)18-9-11-22-27(29(18)38-24)19(14-25(30)37-22)16-8-10-21(23(12-16)34-2)36-15-26(31)35-3/h4-13,19H,14-15H2,1-3H3/b24-13-/t19-/m0/s1. The van der Waals surface area contributed by atoms with E-state index in [-0.39, 0.29) is 24.6 Å². The number of allylic oxidation sites excluding steroid dienone is 1. The number of benzene rings is 3. The van der Waals surface area contributed by atoms with Gasteiger partial charge >= 0.3 is 11.9 Å². The molecule has 0 fully saturated rings. The lowest BCUT2D eigenvalue weighted by atomic mass is 9.84. The molecule has 0 aliphatic carbocycles. The number of carbonyl (C=O) groups is 3. The molecule has 5 rings (SSSR count). The van der Waals surface area contributed by atoms with E-state index in [0.29, 0.717) is 45.4 Å². The van der Waals surface area contributed by atoms with E-state index in [0.717, 1.165) is 5.56 Å². The Balaban J connectivity index is 1.54. The van der Waals surface area contributed by atoms with Gasteiger partial charge in [0.05, 0.1) is 33.3 Å². The number of para-hydroxylation sites is 1. The first-order chi connectivity index (χ1) is 18.4. The summed E-state index contributed by atoms with van der Waals surface area (Å²) in [6, 6.07) is 15.6. The quantitative estimate of drug-likeness (QED) is 0.258. The van der Waals surface area contributed by atoms with Crippen LogP contribution in [-0.4, -0.2) is 45.7 Å². The van der Waals surface area contributed by atoms with Crippen LogP contribution in [0.2, 0.25) is 0 Å². The molecule has 2 heterocycles. The highest BCUT2D eigenvalue weighted by atomic mass is 16.6. The first-order valence-electron chi connectivity index (χ1n) is 11.8. The van der Waals surface area contributed by atoms with E-state index in [4.69, 9.17) is 23.7 Å². The van der Waals surface area contributed by atoms with Crippen LogP contribution in [0.1, 0.15) is 39.4 Å². The molecule has 3 aromatic rings. The molecule has 0 bridgehead atoms. The van der Waals surface area contributed by atoms with Gasteiger partial charge in [-0.2, -0.15) is 0 Å². The van der Waals surface area contributed by atoms with Crippen LogP contribution in [0.5, 0.6) is 28.7 Å². The maximum Gasteiger partial charge on any atom is 0.343 e. The van der Waals surface area contributed by atoms with Crippen LogP contribution in [0, 0.1) is 0 Å². The molecule has 9 nitrogen and oxygen atoms in total. The highest BCUT2D eigenvalue weighted by molar-refractivity contribution is 6.15. The Hall–Kier alpha value is -4.79. The zero-order valence-electron chi connectivity index (χ0n) is 20.9. The predicted molar refractivity (Wildman–Crippen MR) is 135 cm³/mol. The number of hydrogen-bond acceptors (Lipinski definition) is 9. The normalized spacial score (nSPS) is 16.7. The molecule has 194 valence electrons. The molecule has 0 N–H and O–H groups in total. The molecule has 2 aliphatic heterocycles. The Kier molecular flexibility index (Phi) is 6.74. The molecule has 3 aromatic carbocycles. The topological polar surface area (TPSA) is 107 Å². The van der Waals surface area contributed by atoms with Gasteiger partial charge in [-0.15, -0.1) is 0 Å². The van der Waals surface area contributed by atoms with Gasteiger partial charge in [-0.3, -0.25) is 9.59 Å². The van der Waals surface area contributed by atoms with Crippen molar-refractivity contribution in [2.75, 3.05) is 27.9 Å². The van der Waals surface area contributed by atoms with Crippen molar-refractivity contribution in [3.8, 4) is 28.7 Å². The van der Waals surface area contributed by atoms with Crippen molar-refractivity contribution in [1.82, 2.24) is 0 Å². The summed E-state index contributed by atoms with van der Waals surface area (Å²) in [7, 11) is 4.30. The van der Waals surface area contributed by atoms with Crippen LogP contribution in [-0.2, 0) is 14.3 Å². The second-order valence-electron chi connectivity index (χ2n) is 8.54. The highest BCUT2D eigenvalue weighted by Crippen LogP contribution is 2.50. The van der Waals surface area contributed by atoms with Gasteiger partial charge in [0.1, 0.15) is 17.2 Å². The lowest BCUT2D eigenvalue weighted by Crippen LogP contribution is -2.21. The average molecular weight is 517 g/mol. The van der Waals surface area contributed by atoms with E-state index in [2.05, 4.69) is 4.74 Å². The zero-order chi connectivity index (χ0) is 26.8. The van der Waals surface area contributed by atoms with Crippen LogP contribution in [0.25, 0.3) is 6.08 Å². The van der Waals surface area contributed by atoms with Crippen molar-refractivity contribution in [3.63, 3.8) is 0 Å². The molecular formula is C29H24O9. The Morgan fingerprint density at radius 2 is 1.74 bits per heavy atom. The maximum atomic E-state index is 13.3. The third-order valence-corrected chi connectivity index (χ3v) is 6.37. The van der Waals surface area contributed by atoms with Gasteiger partial charge in [0.15, 0.2) is 23.9 Å². The van der Waals surface area contributed by atoms with E-state index in [1.54, 1.807) is 49.6 Å². The number of methoxy groups -OCH3 is 3. The molecule has 0 spiro atoms. The van der Waals surface area contributed by atoms with Gasteiger partial charge in [0.2, 0.25) is 5.78 Å². The van der Waals surface area contributed by atoms with Gasteiger partial charge in [0, 0.05) is 17.0 Å². The maximum absolute atomic E-state index is 13.3. The first kappa shape index (κ1) is 24.9. The number of hydrogen-bond donors (Lipinski definition) is 0. The number of rotatable bonds is 7. The summed E-state index contributed by atoms with van der Waals surface area (Å²) < 4.78 is 32.6. The third kappa shape index (κ3) is 4.54. The summed E-state index contributed by atoms with van der Waals surface area (Å²) in [5.74, 6) is 0.394. The molecule has 0 unspecified atom stereocenters. The van der Waals surface area contributed by atoms with Crippen LogP contribution >= 0.6 is 0 Å². The van der Waals surface area contributed by atoms with Gasteiger partial charge in [-0.25, -0.2) is 4.79 Å². The van der Waals surface area contributed by atoms with Crippen LogP contribution in [0.3, 0.4) is 0 Å². The summed E-state index contributed by atoms with van der Waals surface area (Å²) in [6.07, 6.45) is 1.66. The van der Waals surface area contributed by atoms with Gasteiger partial charge in [0.25, 0.3) is 0 Å². The molecule has 0 saturated heterocycles. The monoisotopic (exact) mass is 516 g/mol. The highest BCUT2D eigenvalue weighted by Gasteiger charge is 2.38. The number of fused-ring (bicyclic) bond motifs is 3. The Labute approximate surface area is 218 Å². The third-order valence-electron chi connectivity index (χ3n) is 6.37. The number of ether oxygens (including phenoxy) is 6. The smallest absolute Gasteiger partial charge is 0.343 e. The zero-order valence-corrected chi connectivity index (χ0v) is 20.9. The predicted octanol–water partition coefficient (Wildman–Crippen LogP) is 4.31. The summed E-state index contributed by atoms with van der Waals surface area (Å²) in [5.41, 5.74) is 2.37. The molecular weight excluding hydrogens is 492 g/mol. The molecule has 9 heteroatoms. The first-order valence-corrected chi connectivity index (χ1v) is 11.8. The van der Waals surface area contributed by atoms with Gasteiger partial charge in [-0.05, 0) is 42.0 Å². The Morgan fingerprint density at radius 1 is 0.947 bits per heavy atom. The molecule has 0 aromatic heterocycles. The van der Waals surface area contributed by atoms with Crippen molar-refractivity contribution < 1.29 is 42.8 Å². The van der Waals surface area contributed by atoms with Gasteiger partial charge < -0.3 is 28.4 Å². The average Bonchev–Trinajstić information content (AvgIpc) is 3.26. The van der Waals surface area contributed by atoms with Crippen LogP contribution in [0.15, 0.2) is 60.4 Å². The second-order valence-corrected chi connectivity index (χ2v) is 8.54. The SMILES string of the molecule is COC(=O)COc1ccc([C@@H]2CC(=O)Oc3ccc4c(c32)O/C(=C\c2ccccc2OC)C4=O)cc1OC. The fourth-order valence-electron chi connectivity index (χ4n) is 4.53. The fourth-order valence-corrected chi connectivity index (χ4v) is 4.53. The number of ketones is 1. The largest absolute Gasteiger partial charge is 0.496 e. The minimum absolute atomic E-state index is 0.0259. The molecule has 0 radical (unpaired) electrons. The number of carbonyl (C=O) groups excluding carboxylic acids is 3. The molecule has 0 saturated carbocycles. The molecule has 0 amide bonds. The van der Waals surface area contributed by atoms with E-state index in [1.165, 1.54) is 14.2 Å². The van der Waals surface area contributed by atoms with E-state index >= 15 is 0 Å². The lowest BCUT2D eigenvalue weighted by Gasteiger charge is -2.26. The van der Waals surface area contributed by atoms with Crippen LogP contribution in [0.4, 0.5) is 0 Å². The minimum Gasteiger partial charge on any atom is -0.496 e. The van der Waals surface area contributed by atoms with E-state index < -0.39 is 17.9 Å². The van der Waals surface area contributed by atoms with Crippen molar-refractivity contribution in [2.24, 2.45) is 0 Å². The fraction of sp³-hybridized carbons (Fsp3) is 0.207. The molecule has 38 heavy (non-hydrogen) atoms. The van der Waals surface area contributed by atoms with Crippen molar-refractivity contribution in [1.29, 1.82) is 0 Å². The van der Waals surface area contributed by atoms with Crippen molar-refractivity contribution in [3.05, 3.63) is 82.6 Å². The van der Waals surface area contributed by atoms with E-state index in [1.807, 2.05) is 18.2 Å². The number of Topliss-reactive ketones (excluding diaryl/α,β-unsaturated/α-hetero) is 1. The minimum atomic E-state index is -0.533. The van der Waals surface area contributed by atoms with Crippen molar-refractivity contribution >= 4 is 23.8 Å². The van der Waals surface area contributed by atoms with Gasteiger partial charge in [-0.1, -0.05) is 24.3 Å². The van der Waals surface area contributed by atoms with Crippen molar-refractivity contribution in [2.45, 2.75) is 12.3 Å².